The SMILES string of the molecule is Cc1ccc(S(=O)(=O)c2cccc(NCC(=O)Nc3ccccc3-c3ccccc3)c2F)cc1. The van der Waals surface area contributed by atoms with Gasteiger partial charge >= 0.3 is 0 Å². The number of benzene rings is 4. The Labute approximate surface area is 198 Å². The van der Waals surface area contributed by atoms with Crippen LogP contribution in [0.15, 0.2) is 107 Å². The largest absolute Gasteiger partial charge is 0.374 e. The van der Waals surface area contributed by atoms with Crippen molar-refractivity contribution >= 4 is 27.1 Å². The van der Waals surface area contributed by atoms with Crippen LogP contribution >= 0.6 is 0 Å². The van der Waals surface area contributed by atoms with Crippen molar-refractivity contribution in [2.75, 3.05) is 17.2 Å². The van der Waals surface area contributed by atoms with Crippen LogP contribution in [0.2, 0.25) is 0 Å². The Morgan fingerprint density at radius 1 is 0.794 bits per heavy atom. The molecule has 0 radical (unpaired) electrons. The lowest BCUT2D eigenvalue weighted by molar-refractivity contribution is -0.114. The summed E-state index contributed by atoms with van der Waals surface area (Å²) < 4.78 is 41.0. The molecule has 4 aromatic carbocycles. The monoisotopic (exact) mass is 474 g/mol. The van der Waals surface area contributed by atoms with Crippen LogP contribution in [0.4, 0.5) is 15.8 Å². The molecule has 4 aromatic rings. The Hall–Kier alpha value is -3.97. The van der Waals surface area contributed by atoms with E-state index < -0.39 is 26.5 Å². The molecule has 0 saturated heterocycles. The molecule has 0 spiro atoms. The molecule has 0 aliphatic rings. The topological polar surface area (TPSA) is 75.3 Å². The van der Waals surface area contributed by atoms with Crippen LogP contribution in [-0.2, 0) is 14.6 Å². The average molecular weight is 475 g/mol. The maximum atomic E-state index is 15.1. The van der Waals surface area contributed by atoms with E-state index in [0.29, 0.717) is 5.69 Å². The van der Waals surface area contributed by atoms with Crippen LogP contribution < -0.4 is 10.6 Å². The van der Waals surface area contributed by atoms with Crippen LogP contribution in [0.3, 0.4) is 0 Å². The Kier molecular flexibility index (Phi) is 6.75. The van der Waals surface area contributed by atoms with Crippen LogP contribution in [0.25, 0.3) is 11.1 Å². The van der Waals surface area contributed by atoms with E-state index in [-0.39, 0.29) is 17.1 Å². The van der Waals surface area contributed by atoms with E-state index in [4.69, 9.17) is 0 Å². The van der Waals surface area contributed by atoms with Crippen molar-refractivity contribution in [3.63, 3.8) is 0 Å². The summed E-state index contributed by atoms with van der Waals surface area (Å²) in [6.45, 7) is 1.60. The zero-order valence-corrected chi connectivity index (χ0v) is 19.3. The second-order valence-electron chi connectivity index (χ2n) is 7.75. The molecule has 0 aliphatic carbocycles. The van der Waals surface area contributed by atoms with Gasteiger partial charge in [-0.1, -0.05) is 72.3 Å². The summed E-state index contributed by atoms with van der Waals surface area (Å²) in [7, 11) is -4.05. The van der Waals surface area contributed by atoms with Gasteiger partial charge in [-0.15, -0.1) is 0 Å². The standard InChI is InChI=1S/C27H23FN2O3S/c1-19-14-16-21(17-15-19)34(32,33)25-13-7-12-24(27(25)28)29-18-26(31)30-23-11-6-5-10-22(23)20-8-3-2-4-9-20/h2-17,29H,18H2,1H3,(H,30,31). The highest BCUT2D eigenvalue weighted by Gasteiger charge is 2.23. The Bertz CT molecular complexity index is 1420. The number of carbonyl (C=O) groups is 1. The second kappa shape index (κ2) is 9.89. The van der Waals surface area contributed by atoms with Crippen LogP contribution in [0.5, 0.6) is 0 Å². The highest BCUT2D eigenvalue weighted by atomic mass is 32.2. The maximum absolute atomic E-state index is 15.1. The number of rotatable bonds is 7. The van der Waals surface area contributed by atoms with Gasteiger partial charge < -0.3 is 10.6 Å². The lowest BCUT2D eigenvalue weighted by atomic mass is 10.0. The van der Waals surface area contributed by atoms with Gasteiger partial charge in [0.1, 0.15) is 4.90 Å². The number of sulfone groups is 1. The number of para-hydroxylation sites is 1. The Morgan fingerprint density at radius 2 is 1.44 bits per heavy atom. The van der Waals surface area contributed by atoms with Gasteiger partial charge in [0.2, 0.25) is 15.7 Å². The average Bonchev–Trinajstić information content (AvgIpc) is 2.84. The minimum absolute atomic E-state index is 0.00409. The number of hydrogen-bond donors (Lipinski definition) is 2. The van der Waals surface area contributed by atoms with Crippen LogP contribution in [-0.4, -0.2) is 20.9 Å². The van der Waals surface area contributed by atoms with E-state index in [1.54, 1.807) is 18.2 Å². The molecule has 0 saturated carbocycles. The van der Waals surface area contributed by atoms with E-state index >= 15 is 4.39 Å². The normalized spacial score (nSPS) is 11.1. The minimum atomic E-state index is -4.05. The number of nitrogens with one attached hydrogen (secondary N) is 2. The molecule has 0 aromatic heterocycles. The van der Waals surface area contributed by atoms with E-state index in [1.807, 2.05) is 55.5 Å². The van der Waals surface area contributed by atoms with Crippen molar-refractivity contribution in [3.8, 4) is 11.1 Å². The Balaban J connectivity index is 1.50. The minimum Gasteiger partial charge on any atom is -0.374 e. The highest BCUT2D eigenvalue weighted by Crippen LogP contribution is 2.29. The highest BCUT2D eigenvalue weighted by molar-refractivity contribution is 7.91. The third-order valence-electron chi connectivity index (χ3n) is 5.31. The molecule has 0 bridgehead atoms. The molecule has 0 heterocycles. The maximum Gasteiger partial charge on any atom is 0.243 e. The van der Waals surface area contributed by atoms with Crippen LogP contribution in [0, 0.1) is 12.7 Å². The molecule has 1 amide bonds. The smallest absolute Gasteiger partial charge is 0.243 e. The van der Waals surface area contributed by atoms with E-state index in [9.17, 15) is 13.2 Å². The summed E-state index contributed by atoms with van der Waals surface area (Å²) in [6, 6.07) is 27.3. The van der Waals surface area contributed by atoms with Crippen molar-refractivity contribution in [1.29, 1.82) is 0 Å². The summed E-state index contributed by atoms with van der Waals surface area (Å²) in [5.41, 5.74) is 3.26. The summed E-state index contributed by atoms with van der Waals surface area (Å²) in [5.74, 6) is -1.32. The third-order valence-corrected chi connectivity index (χ3v) is 7.10. The molecular formula is C27H23FN2O3S. The van der Waals surface area contributed by atoms with Crippen molar-refractivity contribution in [2.24, 2.45) is 0 Å². The van der Waals surface area contributed by atoms with E-state index in [0.717, 1.165) is 16.7 Å². The fourth-order valence-electron chi connectivity index (χ4n) is 3.53. The van der Waals surface area contributed by atoms with Crippen molar-refractivity contribution in [3.05, 3.63) is 108 Å². The lowest BCUT2D eigenvalue weighted by Gasteiger charge is -2.13. The summed E-state index contributed by atoms with van der Waals surface area (Å²) in [6.07, 6.45) is 0. The first-order chi connectivity index (χ1) is 16.4. The number of amides is 1. The predicted octanol–water partition coefficient (Wildman–Crippen LogP) is 5.68. The quantitative estimate of drug-likeness (QED) is 0.361. The number of carbonyl (C=O) groups excluding carboxylic acids is 1. The number of halogens is 1. The fourth-order valence-corrected chi connectivity index (χ4v) is 4.88. The first-order valence-corrected chi connectivity index (χ1v) is 12.1. The van der Waals surface area contributed by atoms with Crippen LogP contribution in [0.1, 0.15) is 5.56 Å². The van der Waals surface area contributed by atoms with Crippen molar-refractivity contribution in [2.45, 2.75) is 16.7 Å². The van der Waals surface area contributed by atoms with E-state index in [1.165, 1.54) is 30.3 Å². The Morgan fingerprint density at radius 3 is 2.18 bits per heavy atom. The van der Waals surface area contributed by atoms with Gasteiger partial charge in [0.15, 0.2) is 5.82 Å². The first kappa shape index (κ1) is 23.2. The molecule has 4 rings (SSSR count). The zero-order chi connectivity index (χ0) is 24.1. The molecule has 2 N–H and O–H groups in total. The van der Waals surface area contributed by atoms with Crippen molar-refractivity contribution in [1.82, 2.24) is 0 Å². The summed E-state index contributed by atoms with van der Waals surface area (Å²) in [5, 5.41) is 5.55. The number of hydrogen-bond acceptors (Lipinski definition) is 4. The second-order valence-corrected chi connectivity index (χ2v) is 9.67. The first-order valence-electron chi connectivity index (χ1n) is 10.6. The molecular weight excluding hydrogens is 451 g/mol. The molecule has 5 nitrogen and oxygen atoms in total. The number of anilines is 2. The summed E-state index contributed by atoms with van der Waals surface area (Å²) in [4.78, 5) is 12.2. The van der Waals surface area contributed by atoms with Gasteiger partial charge in [0.05, 0.1) is 17.1 Å². The molecule has 7 heteroatoms. The molecule has 0 aliphatic heterocycles. The van der Waals surface area contributed by atoms with Gasteiger partial charge in [0, 0.05) is 11.3 Å². The lowest BCUT2D eigenvalue weighted by Crippen LogP contribution is -2.22. The molecule has 0 unspecified atom stereocenters. The number of aryl methyl sites for hydroxylation is 1. The zero-order valence-electron chi connectivity index (χ0n) is 18.5. The van der Waals surface area contributed by atoms with Gasteiger partial charge in [-0.2, -0.15) is 0 Å². The predicted molar refractivity (Wildman–Crippen MR) is 132 cm³/mol. The van der Waals surface area contributed by atoms with Gasteiger partial charge in [-0.05, 0) is 42.8 Å². The van der Waals surface area contributed by atoms with Crippen molar-refractivity contribution < 1.29 is 17.6 Å². The molecule has 0 atom stereocenters. The van der Waals surface area contributed by atoms with Gasteiger partial charge in [-0.25, -0.2) is 12.8 Å². The molecule has 0 fully saturated rings. The van der Waals surface area contributed by atoms with Gasteiger partial charge in [0.25, 0.3) is 0 Å². The van der Waals surface area contributed by atoms with Gasteiger partial charge in [-0.3, -0.25) is 4.79 Å². The molecule has 172 valence electrons. The third kappa shape index (κ3) is 5.00. The fraction of sp³-hybridized carbons (Fsp3) is 0.0741. The molecule has 34 heavy (non-hydrogen) atoms. The van der Waals surface area contributed by atoms with E-state index in [2.05, 4.69) is 10.6 Å². The summed E-state index contributed by atoms with van der Waals surface area (Å²) >= 11 is 0.